The van der Waals surface area contributed by atoms with Gasteiger partial charge in [-0.2, -0.15) is 0 Å². The average Bonchev–Trinajstić information content (AvgIpc) is 2.93. The van der Waals surface area contributed by atoms with E-state index < -0.39 is 36.9 Å². The number of hydrogen-bond acceptors (Lipinski definition) is 4. The van der Waals surface area contributed by atoms with Gasteiger partial charge in [-0.1, -0.05) is 0 Å². The van der Waals surface area contributed by atoms with Crippen molar-refractivity contribution in [3.63, 3.8) is 0 Å². The summed E-state index contributed by atoms with van der Waals surface area (Å²) in [7, 11) is 3.87. The molecule has 0 aliphatic heterocycles. The number of hydrogen-bond donors (Lipinski definition) is 0. The van der Waals surface area contributed by atoms with Crippen molar-refractivity contribution in [1.82, 2.24) is 9.80 Å². The molecule has 0 saturated heterocycles. The molecule has 36 heavy (non-hydrogen) atoms. The number of nitrogens with zero attached hydrogens (tertiary/aromatic N) is 2. The summed E-state index contributed by atoms with van der Waals surface area (Å²) in [5.41, 5.74) is 0. The summed E-state index contributed by atoms with van der Waals surface area (Å²) >= 11 is 8.21. The second-order valence-corrected chi connectivity index (χ2v) is 24.5. The van der Waals surface area contributed by atoms with Crippen molar-refractivity contribution in [3.05, 3.63) is 99.2 Å². The third kappa shape index (κ3) is 8.30. The van der Waals surface area contributed by atoms with Gasteiger partial charge < -0.3 is 0 Å². The molecule has 0 heterocycles. The Kier molecular flexibility index (Phi) is 13.3. The first kappa shape index (κ1) is 30.1. The topological polar surface area (TPSA) is 6.48 Å². The molecule has 0 unspecified atom stereocenters. The minimum atomic E-state index is -1.78. The molecular formula is C28H34I2N2S4. The third-order valence-electron chi connectivity index (χ3n) is 5.39. The predicted molar refractivity (Wildman–Crippen MR) is 188 cm³/mol. The fourth-order valence-corrected chi connectivity index (χ4v) is 23.1. The first-order valence-electron chi connectivity index (χ1n) is 12.1. The monoisotopic (exact) mass is 780 g/mol. The average molecular weight is 781 g/mol. The van der Waals surface area contributed by atoms with Gasteiger partial charge in [-0.25, -0.2) is 0 Å². The number of thiocarbonyl (C=S) groups is 2. The van der Waals surface area contributed by atoms with Crippen LogP contribution in [-0.2, 0) is 0 Å². The molecule has 0 bridgehead atoms. The molecule has 0 N–H and O–H groups in total. The Morgan fingerprint density at radius 2 is 0.806 bits per heavy atom. The van der Waals surface area contributed by atoms with Gasteiger partial charge in [0.15, 0.2) is 0 Å². The molecule has 0 atom stereocenters. The molecule has 0 aromatic heterocycles. The van der Waals surface area contributed by atoms with Crippen LogP contribution in [-0.4, -0.2) is 44.6 Å². The van der Waals surface area contributed by atoms with E-state index >= 15 is 0 Å². The Morgan fingerprint density at radius 1 is 0.528 bits per heavy atom. The van der Waals surface area contributed by atoms with Crippen LogP contribution in [0.2, 0.25) is 0 Å². The van der Waals surface area contributed by atoms with Crippen molar-refractivity contribution < 1.29 is 0 Å². The van der Waals surface area contributed by atoms with E-state index in [1.165, 1.54) is 14.3 Å². The van der Waals surface area contributed by atoms with Crippen LogP contribution in [0.4, 0.5) is 0 Å². The van der Waals surface area contributed by atoms with Crippen LogP contribution in [0.25, 0.3) is 0 Å². The summed E-state index contributed by atoms with van der Waals surface area (Å²) in [6, 6.07) is 31.4. The van der Waals surface area contributed by atoms with Gasteiger partial charge in [0.2, 0.25) is 0 Å². The molecule has 3 aromatic carbocycles. The third-order valence-corrected chi connectivity index (χ3v) is 26.6. The van der Waals surface area contributed by atoms with Gasteiger partial charge in [0.25, 0.3) is 0 Å². The molecule has 3 rings (SSSR count). The van der Waals surface area contributed by atoms with E-state index in [1.54, 1.807) is 0 Å². The molecule has 0 aliphatic carbocycles. The van der Waals surface area contributed by atoms with Gasteiger partial charge in [0.1, 0.15) is 0 Å². The fourth-order valence-electron chi connectivity index (χ4n) is 3.34. The van der Waals surface area contributed by atoms with Crippen molar-refractivity contribution >= 4 is 87.8 Å². The molecule has 0 amide bonds. The van der Waals surface area contributed by atoms with Crippen LogP contribution in [0.3, 0.4) is 0 Å². The van der Waals surface area contributed by atoms with Crippen LogP contribution in [0.1, 0.15) is 27.7 Å². The second-order valence-electron chi connectivity index (χ2n) is 7.56. The van der Waals surface area contributed by atoms with Crippen molar-refractivity contribution in [3.8, 4) is 0 Å². The molecular weight excluding hydrogens is 746 g/mol. The molecule has 0 radical (unpaired) electrons. The number of benzene rings is 3. The van der Waals surface area contributed by atoms with Gasteiger partial charge >= 0.3 is 251 Å². The molecule has 194 valence electrons. The molecule has 3 aromatic rings. The minimum absolute atomic E-state index is 0.953. The van der Waals surface area contributed by atoms with Gasteiger partial charge in [-0.05, 0) is 0 Å². The molecule has 8 heteroatoms. The number of rotatable bonds is 10. The number of halogens is 2. The van der Waals surface area contributed by atoms with E-state index in [2.05, 4.69) is 122 Å². The van der Waals surface area contributed by atoms with Crippen molar-refractivity contribution in [1.29, 1.82) is 0 Å². The zero-order valence-corrected chi connectivity index (χ0v) is 28.8. The zero-order valence-electron chi connectivity index (χ0n) is 21.2. The molecule has 0 spiro atoms. The maximum atomic E-state index is 5.89. The van der Waals surface area contributed by atoms with E-state index in [1.807, 2.05) is 17.9 Å². The quantitative estimate of drug-likeness (QED) is 0.149. The second kappa shape index (κ2) is 15.9. The van der Waals surface area contributed by atoms with Gasteiger partial charge in [0.05, 0.1) is 0 Å². The van der Waals surface area contributed by atoms with Crippen LogP contribution in [0.15, 0.2) is 84.9 Å². The summed E-state index contributed by atoms with van der Waals surface area (Å²) < 4.78 is 7.80. The first-order valence-corrected chi connectivity index (χ1v) is 23.9. The fraction of sp³-hybridized carbons (Fsp3) is 0.286. The molecule has 0 aliphatic rings. The van der Waals surface area contributed by atoms with Gasteiger partial charge in [-0.3, -0.25) is 0 Å². The Morgan fingerprint density at radius 3 is 1.08 bits per heavy atom. The Bertz CT molecular complexity index is 1000. The van der Waals surface area contributed by atoms with E-state index in [-0.39, 0.29) is 0 Å². The standard InChI is InChI=1S/C28H34I2N2S4/c1-5-31(6-2)27(33)35-29(23-15-11-9-12-16-23)25-19-21-26(22-20-25)30(24-17-13-10-14-18-24)36-28(34)32(7-3)8-4/h9-22H,5-8H2,1-4H3. The van der Waals surface area contributed by atoms with E-state index in [0.29, 0.717) is 0 Å². The van der Waals surface area contributed by atoms with Crippen molar-refractivity contribution in [2.75, 3.05) is 26.2 Å². The Hall–Kier alpha value is -0.400. The van der Waals surface area contributed by atoms with Crippen LogP contribution in [0.5, 0.6) is 0 Å². The van der Waals surface area contributed by atoms with Gasteiger partial charge in [0, 0.05) is 0 Å². The van der Waals surface area contributed by atoms with Crippen LogP contribution in [0, 0.1) is 14.3 Å². The summed E-state index contributed by atoms with van der Waals surface area (Å²) in [6.07, 6.45) is 0. The zero-order chi connectivity index (χ0) is 25.9. The predicted octanol–water partition coefficient (Wildman–Crippen LogP) is 9.33. The van der Waals surface area contributed by atoms with Crippen LogP contribution < -0.4 is 0 Å². The van der Waals surface area contributed by atoms with Crippen molar-refractivity contribution in [2.45, 2.75) is 27.7 Å². The summed E-state index contributed by atoms with van der Waals surface area (Å²) in [5.74, 6) is 0. The van der Waals surface area contributed by atoms with E-state index in [0.717, 1.165) is 34.8 Å². The Labute approximate surface area is 248 Å². The summed E-state index contributed by atoms with van der Waals surface area (Å²) in [6.45, 7) is 12.5. The summed E-state index contributed by atoms with van der Waals surface area (Å²) in [4.78, 5) is 4.59. The molecule has 2 nitrogen and oxygen atoms in total. The van der Waals surface area contributed by atoms with Gasteiger partial charge in [-0.15, -0.1) is 0 Å². The van der Waals surface area contributed by atoms with Crippen LogP contribution >= 0.6 is 79.2 Å². The van der Waals surface area contributed by atoms with E-state index in [4.69, 9.17) is 24.4 Å². The Balaban J connectivity index is 1.93. The normalized spacial score (nSPS) is 11.6. The van der Waals surface area contributed by atoms with E-state index in [9.17, 15) is 0 Å². The van der Waals surface area contributed by atoms with Crippen molar-refractivity contribution in [2.24, 2.45) is 0 Å². The first-order chi connectivity index (χ1) is 17.5. The molecule has 0 saturated carbocycles. The molecule has 0 fully saturated rings. The summed E-state index contributed by atoms with van der Waals surface area (Å²) in [5, 5.41) is 0. The maximum absolute atomic E-state index is 5.89. The SMILES string of the molecule is CCN(CC)C(=S)SI(c1ccccc1)c1ccc(I(SC(=S)N(CC)CC)c2ccccc2)cc1.